The molecule has 3 aliphatic heterocycles. The van der Waals surface area contributed by atoms with Crippen molar-refractivity contribution in [1.29, 1.82) is 0 Å². The average molecular weight is 292 g/mol. The Morgan fingerprint density at radius 2 is 2.21 bits per heavy atom. The van der Waals surface area contributed by atoms with Crippen LogP contribution in [0.1, 0.15) is 18.9 Å². The van der Waals surface area contributed by atoms with Gasteiger partial charge in [-0.15, -0.1) is 11.3 Å². The van der Waals surface area contributed by atoms with Gasteiger partial charge in [-0.05, 0) is 55.5 Å². The van der Waals surface area contributed by atoms with Crippen molar-refractivity contribution in [2.75, 3.05) is 19.6 Å². The summed E-state index contributed by atoms with van der Waals surface area (Å²) in [5.74, 6) is 1.77. The summed E-state index contributed by atoms with van der Waals surface area (Å²) < 4.78 is 3.03. The lowest BCUT2D eigenvalue weighted by molar-refractivity contribution is 0.0570. The van der Waals surface area contributed by atoms with Gasteiger partial charge in [0.2, 0.25) is 0 Å². The fourth-order valence-corrected chi connectivity index (χ4v) is 4.40. The second-order valence-electron chi connectivity index (χ2n) is 5.41. The minimum absolute atomic E-state index is 0.492. The molecule has 5 rings (SSSR count). The highest BCUT2D eigenvalue weighted by Gasteiger charge is 2.36. The number of piperidine rings is 3. The maximum absolute atomic E-state index is 5.47. The van der Waals surface area contributed by atoms with Gasteiger partial charge in [0, 0.05) is 6.54 Å². The van der Waals surface area contributed by atoms with Gasteiger partial charge in [-0.2, -0.15) is 5.10 Å². The first-order valence-corrected chi connectivity index (χ1v) is 8.05. The van der Waals surface area contributed by atoms with Crippen LogP contribution in [0.2, 0.25) is 0 Å². The Morgan fingerprint density at radius 3 is 2.84 bits per heavy atom. The molecule has 0 saturated carbocycles. The molecule has 3 saturated heterocycles. The number of hydrogen-bond acceptors (Lipinski definition) is 4. The molecule has 100 valence electrons. The van der Waals surface area contributed by atoms with Crippen LogP contribution in [0.25, 0.3) is 10.7 Å². The molecule has 2 aromatic heterocycles. The van der Waals surface area contributed by atoms with Gasteiger partial charge in [-0.3, -0.25) is 9.67 Å². The van der Waals surface area contributed by atoms with Crippen molar-refractivity contribution in [2.45, 2.75) is 18.9 Å². The molecule has 1 unspecified atom stereocenters. The molecule has 0 aromatic carbocycles. The summed E-state index contributed by atoms with van der Waals surface area (Å²) in [5.41, 5.74) is 0. The van der Waals surface area contributed by atoms with E-state index in [4.69, 9.17) is 12.2 Å². The van der Waals surface area contributed by atoms with Crippen LogP contribution in [-0.4, -0.2) is 39.3 Å². The first kappa shape index (κ1) is 11.8. The highest BCUT2D eigenvalue weighted by Crippen LogP contribution is 2.38. The number of fused-ring (bicyclic) bond motifs is 3. The molecule has 3 aliphatic rings. The Kier molecular flexibility index (Phi) is 2.82. The number of aromatic amines is 1. The van der Waals surface area contributed by atoms with E-state index < -0.39 is 0 Å². The van der Waals surface area contributed by atoms with Crippen LogP contribution in [0.4, 0.5) is 0 Å². The third kappa shape index (κ3) is 1.89. The summed E-state index contributed by atoms with van der Waals surface area (Å²) in [6, 6.07) is 4.68. The predicted molar refractivity (Wildman–Crippen MR) is 78.9 cm³/mol. The number of nitrogens with one attached hydrogen (secondary N) is 1. The van der Waals surface area contributed by atoms with Gasteiger partial charge >= 0.3 is 0 Å². The number of nitrogens with zero attached hydrogens (tertiary/aromatic N) is 3. The van der Waals surface area contributed by atoms with E-state index >= 15 is 0 Å². The largest absolute Gasteiger partial charge is 0.301 e. The third-order valence-corrected chi connectivity index (χ3v) is 5.55. The Labute approximate surface area is 121 Å². The van der Waals surface area contributed by atoms with Crippen molar-refractivity contribution in [3.05, 3.63) is 22.3 Å². The van der Waals surface area contributed by atoms with E-state index in [0.29, 0.717) is 6.04 Å². The van der Waals surface area contributed by atoms with Crippen molar-refractivity contribution in [2.24, 2.45) is 5.92 Å². The lowest BCUT2D eigenvalue weighted by Gasteiger charge is -2.45. The smallest absolute Gasteiger partial charge is 0.195 e. The molecular weight excluding hydrogens is 276 g/mol. The van der Waals surface area contributed by atoms with Gasteiger partial charge in [-0.25, -0.2) is 0 Å². The van der Waals surface area contributed by atoms with Crippen molar-refractivity contribution < 1.29 is 0 Å². The Hall–Kier alpha value is -0.980. The molecule has 6 heteroatoms. The van der Waals surface area contributed by atoms with E-state index in [-0.39, 0.29) is 0 Å². The van der Waals surface area contributed by atoms with Gasteiger partial charge in [-0.1, -0.05) is 6.07 Å². The molecule has 2 bridgehead atoms. The molecule has 1 atom stereocenters. The number of rotatable bonds is 2. The standard InChI is InChI=1S/C13H16N4S2/c18-13-15-14-12(11-2-1-7-19-11)17(13)10-8-16-5-3-9(10)4-6-16/h1-2,7,9-10H,3-6,8H2,(H,15,18). The fourth-order valence-electron chi connectivity index (χ4n) is 3.42. The molecular formula is C13H16N4S2. The van der Waals surface area contributed by atoms with E-state index in [1.54, 1.807) is 11.3 Å². The predicted octanol–water partition coefficient (Wildman–Crippen LogP) is 2.94. The molecule has 0 aliphatic carbocycles. The molecule has 19 heavy (non-hydrogen) atoms. The maximum Gasteiger partial charge on any atom is 0.195 e. The quantitative estimate of drug-likeness (QED) is 0.865. The fraction of sp³-hybridized carbons (Fsp3) is 0.538. The second kappa shape index (κ2) is 4.54. The molecule has 2 aromatic rings. The van der Waals surface area contributed by atoms with Crippen LogP contribution >= 0.6 is 23.6 Å². The van der Waals surface area contributed by atoms with Crippen LogP contribution in [0.5, 0.6) is 0 Å². The summed E-state index contributed by atoms with van der Waals surface area (Å²) in [7, 11) is 0. The summed E-state index contributed by atoms with van der Waals surface area (Å²) >= 11 is 7.20. The van der Waals surface area contributed by atoms with Crippen molar-refractivity contribution >= 4 is 23.6 Å². The summed E-state index contributed by atoms with van der Waals surface area (Å²) in [5, 5.41) is 9.53. The summed E-state index contributed by atoms with van der Waals surface area (Å²) in [6.07, 6.45) is 2.59. The van der Waals surface area contributed by atoms with Gasteiger partial charge < -0.3 is 4.90 Å². The molecule has 3 fully saturated rings. The zero-order valence-electron chi connectivity index (χ0n) is 10.6. The lowest BCUT2D eigenvalue weighted by atomic mass is 9.84. The van der Waals surface area contributed by atoms with Crippen LogP contribution in [0.15, 0.2) is 17.5 Å². The van der Waals surface area contributed by atoms with Crippen LogP contribution in [-0.2, 0) is 0 Å². The van der Waals surface area contributed by atoms with Crippen molar-refractivity contribution in [1.82, 2.24) is 19.7 Å². The van der Waals surface area contributed by atoms with Crippen LogP contribution in [0, 0.1) is 10.7 Å². The zero-order chi connectivity index (χ0) is 12.8. The average Bonchev–Trinajstić information content (AvgIpc) is 3.09. The van der Waals surface area contributed by atoms with Gasteiger partial charge in [0.15, 0.2) is 10.6 Å². The van der Waals surface area contributed by atoms with E-state index in [2.05, 4.69) is 37.2 Å². The monoisotopic (exact) mass is 292 g/mol. The van der Waals surface area contributed by atoms with E-state index in [9.17, 15) is 0 Å². The molecule has 0 spiro atoms. The summed E-state index contributed by atoms with van der Waals surface area (Å²) in [6.45, 7) is 3.62. The maximum atomic E-state index is 5.47. The molecule has 0 radical (unpaired) electrons. The van der Waals surface area contributed by atoms with Crippen LogP contribution < -0.4 is 0 Å². The highest BCUT2D eigenvalue weighted by atomic mass is 32.1. The highest BCUT2D eigenvalue weighted by molar-refractivity contribution is 7.71. The molecule has 5 heterocycles. The Balaban J connectivity index is 1.79. The molecule has 0 amide bonds. The first-order chi connectivity index (χ1) is 9.33. The Bertz CT molecular complexity index is 619. The van der Waals surface area contributed by atoms with Gasteiger partial charge in [0.05, 0.1) is 10.9 Å². The Morgan fingerprint density at radius 1 is 1.37 bits per heavy atom. The minimum atomic E-state index is 0.492. The zero-order valence-corrected chi connectivity index (χ0v) is 12.2. The molecule has 4 nitrogen and oxygen atoms in total. The first-order valence-electron chi connectivity index (χ1n) is 6.76. The number of hydrogen-bond donors (Lipinski definition) is 1. The van der Waals surface area contributed by atoms with E-state index in [1.807, 2.05) is 0 Å². The second-order valence-corrected chi connectivity index (χ2v) is 6.74. The van der Waals surface area contributed by atoms with Gasteiger partial charge in [0.25, 0.3) is 0 Å². The summed E-state index contributed by atoms with van der Waals surface area (Å²) in [4.78, 5) is 3.75. The van der Waals surface area contributed by atoms with Crippen molar-refractivity contribution in [3.63, 3.8) is 0 Å². The van der Waals surface area contributed by atoms with E-state index in [0.717, 1.165) is 23.1 Å². The number of aromatic nitrogens is 3. The van der Waals surface area contributed by atoms with Crippen LogP contribution in [0.3, 0.4) is 0 Å². The van der Waals surface area contributed by atoms with Gasteiger partial charge in [0.1, 0.15) is 0 Å². The lowest BCUT2D eigenvalue weighted by Crippen LogP contribution is -2.48. The number of H-pyrrole nitrogens is 1. The third-order valence-electron chi connectivity index (χ3n) is 4.40. The van der Waals surface area contributed by atoms with Crippen molar-refractivity contribution in [3.8, 4) is 10.7 Å². The minimum Gasteiger partial charge on any atom is -0.301 e. The topological polar surface area (TPSA) is 36.9 Å². The molecule has 1 N–H and O–H groups in total. The number of thiophene rings is 1. The van der Waals surface area contributed by atoms with E-state index in [1.165, 1.54) is 30.8 Å². The SMILES string of the molecule is S=c1[nH]nc(-c2cccs2)n1C1CN2CCC1CC2. The normalized spacial score (nSPS) is 29.8.